The highest BCUT2D eigenvalue weighted by atomic mass is 19.4. The molecule has 1 saturated carbocycles. The molecule has 1 amide bonds. The highest BCUT2D eigenvalue weighted by Crippen LogP contribution is 2.33. The number of amides is 1. The summed E-state index contributed by atoms with van der Waals surface area (Å²) in [5, 5.41) is 7.50. The number of nitrogens with zero attached hydrogens (tertiary/aromatic N) is 3. The van der Waals surface area contributed by atoms with Gasteiger partial charge in [0, 0.05) is 23.5 Å². The Labute approximate surface area is 177 Å². The van der Waals surface area contributed by atoms with Crippen LogP contribution in [0.2, 0.25) is 0 Å². The topological polar surface area (TPSA) is 69.0 Å². The SMILES string of the molecule is O=C(NCc1cc(-c2ccncc2)n(C2CCCC2)n1)c1ccc(OC(F)(F)F)cc1. The molecule has 2 heterocycles. The first-order valence-corrected chi connectivity index (χ1v) is 10.0. The minimum absolute atomic E-state index is 0.206. The summed E-state index contributed by atoms with van der Waals surface area (Å²) in [5.41, 5.74) is 2.93. The Morgan fingerprint density at radius 3 is 2.42 bits per heavy atom. The summed E-state index contributed by atoms with van der Waals surface area (Å²) in [6, 6.07) is 10.9. The molecule has 4 rings (SSSR count). The van der Waals surface area contributed by atoms with Crippen LogP contribution in [0.3, 0.4) is 0 Å². The van der Waals surface area contributed by atoms with E-state index in [1.807, 2.05) is 22.9 Å². The van der Waals surface area contributed by atoms with Gasteiger partial charge in [-0.2, -0.15) is 5.10 Å². The van der Waals surface area contributed by atoms with Gasteiger partial charge in [-0.15, -0.1) is 13.2 Å². The highest BCUT2D eigenvalue weighted by molar-refractivity contribution is 5.94. The molecule has 2 aromatic heterocycles. The number of ether oxygens (including phenoxy) is 1. The van der Waals surface area contributed by atoms with Crippen LogP contribution in [0.1, 0.15) is 47.8 Å². The molecule has 0 spiro atoms. The minimum atomic E-state index is -4.77. The van der Waals surface area contributed by atoms with Crippen LogP contribution in [-0.4, -0.2) is 27.0 Å². The Hall–Kier alpha value is -3.36. The van der Waals surface area contributed by atoms with Gasteiger partial charge in [-0.1, -0.05) is 12.8 Å². The molecule has 0 atom stereocenters. The lowest BCUT2D eigenvalue weighted by Crippen LogP contribution is -2.23. The number of hydrogen-bond acceptors (Lipinski definition) is 4. The second-order valence-corrected chi connectivity index (χ2v) is 7.39. The number of nitrogens with one attached hydrogen (secondary N) is 1. The lowest BCUT2D eigenvalue weighted by atomic mass is 10.1. The Morgan fingerprint density at radius 2 is 1.77 bits per heavy atom. The van der Waals surface area contributed by atoms with E-state index in [2.05, 4.69) is 15.0 Å². The zero-order chi connectivity index (χ0) is 21.8. The molecule has 0 unspecified atom stereocenters. The van der Waals surface area contributed by atoms with Crippen molar-refractivity contribution < 1.29 is 22.7 Å². The van der Waals surface area contributed by atoms with Gasteiger partial charge in [-0.25, -0.2) is 0 Å². The fourth-order valence-electron chi connectivity index (χ4n) is 3.78. The Balaban J connectivity index is 1.46. The number of hydrogen-bond donors (Lipinski definition) is 1. The second kappa shape index (κ2) is 8.79. The quantitative estimate of drug-likeness (QED) is 0.605. The summed E-state index contributed by atoms with van der Waals surface area (Å²) < 4.78 is 42.7. The van der Waals surface area contributed by atoms with E-state index in [0.717, 1.165) is 36.2 Å². The van der Waals surface area contributed by atoms with Crippen molar-refractivity contribution in [2.24, 2.45) is 0 Å². The molecule has 0 saturated heterocycles. The number of aromatic nitrogens is 3. The molecule has 1 aliphatic rings. The van der Waals surface area contributed by atoms with E-state index in [9.17, 15) is 18.0 Å². The smallest absolute Gasteiger partial charge is 0.406 e. The van der Waals surface area contributed by atoms with E-state index in [-0.39, 0.29) is 17.9 Å². The normalized spacial score (nSPS) is 14.5. The molecular weight excluding hydrogens is 409 g/mol. The zero-order valence-electron chi connectivity index (χ0n) is 16.6. The summed E-state index contributed by atoms with van der Waals surface area (Å²) >= 11 is 0. The van der Waals surface area contributed by atoms with Gasteiger partial charge < -0.3 is 10.1 Å². The van der Waals surface area contributed by atoms with E-state index >= 15 is 0 Å². The maximum atomic E-state index is 12.4. The van der Waals surface area contributed by atoms with E-state index in [0.29, 0.717) is 11.7 Å². The predicted octanol–water partition coefficient (Wildman–Crippen LogP) is 4.89. The van der Waals surface area contributed by atoms with Crippen LogP contribution < -0.4 is 10.1 Å². The molecule has 3 aromatic rings. The molecule has 6 nitrogen and oxygen atoms in total. The van der Waals surface area contributed by atoms with Crippen molar-refractivity contribution >= 4 is 5.91 Å². The molecule has 1 fully saturated rings. The number of pyridine rings is 1. The molecule has 0 bridgehead atoms. The fraction of sp³-hybridized carbons (Fsp3) is 0.318. The first-order chi connectivity index (χ1) is 14.9. The lowest BCUT2D eigenvalue weighted by molar-refractivity contribution is -0.274. The van der Waals surface area contributed by atoms with E-state index in [4.69, 9.17) is 5.10 Å². The average molecular weight is 430 g/mol. The van der Waals surface area contributed by atoms with Gasteiger partial charge in [-0.3, -0.25) is 14.5 Å². The number of rotatable bonds is 6. The highest BCUT2D eigenvalue weighted by Gasteiger charge is 2.31. The molecular formula is C22H21F3N4O2. The average Bonchev–Trinajstić information content (AvgIpc) is 3.42. The van der Waals surface area contributed by atoms with E-state index in [1.54, 1.807) is 12.4 Å². The number of carbonyl (C=O) groups is 1. The number of benzene rings is 1. The molecule has 162 valence electrons. The van der Waals surface area contributed by atoms with Crippen LogP contribution in [0.4, 0.5) is 13.2 Å². The van der Waals surface area contributed by atoms with Crippen LogP contribution in [0, 0.1) is 0 Å². The largest absolute Gasteiger partial charge is 0.573 e. The van der Waals surface area contributed by atoms with E-state index in [1.165, 1.54) is 25.0 Å². The standard InChI is InChI=1S/C22H21F3N4O2/c23-22(24,25)31-19-7-5-16(6-8-19)21(30)27-14-17-13-20(15-9-11-26-12-10-15)29(28-17)18-3-1-2-4-18/h5-13,18H,1-4,14H2,(H,27,30). The van der Waals surface area contributed by atoms with Gasteiger partial charge in [-0.05, 0) is 55.3 Å². The third kappa shape index (κ3) is 5.22. The third-order valence-corrected chi connectivity index (χ3v) is 5.21. The molecule has 1 aliphatic carbocycles. The Morgan fingerprint density at radius 1 is 1.10 bits per heavy atom. The summed E-state index contributed by atoms with van der Waals surface area (Å²) in [5.74, 6) is -0.777. The van der Waals surface area contributed by atoms with E-state index < -0.39 is 12.3 Å². The van der Waals surface area contributed by atoms with Crippen molar-refractivity contribution in [3.63, 3.8) is 0 Å². The first kappa shape index (κ1) is 20.9. The monoisotopic (exact) mass is 430 g/mol. The van der Waals surface area contributed by atoms with Crippen molar-refractivity contribution in [3.05, 3.63) is 66.1 Å². The molecule has 9 heteroatoms. The van der Waals surface area contributed by atoms with Crippen LogP contribution in [0.15, 0.2) is 54.9 Å². The zero-order valence-corrected chi connectivity index (χ0v) is 16.6. The molecule has 1 N–H and O–H groups in total. The lowest BCUT2D eigenvalue weighted by Gasteiger charge is -2.14. The summed E-state index contributed by atoms with van der Waals surface area (Å²) in [7, 11) is 0. The molecule has 0 aliphatic heterocycles. The van der Waals surface area contributed by atoms with Gasteiger partial charge >= 0.3 is 6.36 Å². The van der Waals surface area contributed by atoms with Crippen LogP contribution in [-0.2, 0) is 6.54 Å². The minimum Gasteiger partial charge on any atom is -0.406 e. The van der Waals surface area contributed by atoms with Crippen molar-refractivity contribution in [1.29, 1.82) is 0 Å². The van der Waals surface area contributed by atoms with Crippen molar-refractivity contribution in [3.8, 4) is 17.0 Å². The Kier molecular flexibility index (Phi) is 5.92. The Bertz CT molecular complexity index is 1030. The van der Waals surface area contributed by atoms with Crippen molar-refractivity contribution in [1.82, 2.24) is 20.1 Å². The summed E-state index contributed by atoms with van der Waals surface area (Å²) in [6.07, 6.45) is 3.16. The van der Waals surface area contributed by atoms with Crippen LogP contribution in [0.25, 0.3) is 11.3 Å². The maximum Gasteiger partial charge on any atom is 0.573 e. The van der Waals surface area contributed by atoms with Gasteiger partial charge in [0.2, 0.25) is 0 Å². The van der Waals surface area contributed by atoms with Crippen molar-refractivity contribution in [2.75, 3.05) is 0 Å². The van der Waals surface area contributed by atoms with Crippen LogP contribution in [0.5, 0.6) is 5.75 Å². The van der Waals surface area contributed by atoms with Gasteiger partial charge in [0.15, 0.2) is 0 Å². The van der Waals surface area contributed by atoms with Gasteiger partial charge in [0.1, 0.15) is 5.75 Å². The number of halogens is 3. The van der Waals surface area contributed by atoms with Crippen molar-refractivity contribution in [2.45, 2.75) is 44.6 Å². The predicted molar refractivity (Wildman–Crippen MR) is 107 cm³/mol. The summed E-state index contributed by atoms with van der Waals surface area (Å²) in [6.45, 7) is 0.206. The van der Waals surface area contributed by atoms with Gasteiger partial charge in [0.25, 0.3) is 5.91 Å². The molecule has 1 aromatic carbocycles. The summed E-state index contributed by atoms with van der Waals surface area (Å²) in [4.78, 5) is 16.5. The maximum absolute atomic E-state index is 12.4. The molecule has 31 heavy (non-hydrogen) atoms. The second-order valence-electron chi connectivity index (χ2n) is 7.39. The molecule has 0 radical (unpaired) electrons. The van der Waals surface area contributed by atoms with Gasteiger partial charge in [0.05, 0.1) is 24.0 Å². The first-order valence-electron chi connectivity index (χ1n) is 10.0. The van der Waals surface area contributed by atoms with Crippen LogP contribution >= 0.6 is 0 Å². The third-order valence-electron chi connectivity index (χ3n) is 5.21. The number of carbonyl (C=O) groups excluding carboxylic acids is 1. The number of alkyl halides is 3. The fourth-order valence-corrected chi connectivity index (χ4v) is 3.78.